The Labute approximate surface area is 96.5 Å². The predicted molar refractivity (Wildman–Crippen MR) is 60.0 cm³/mol. The molecule has 0 aromatic heterocycles. The van der Waals surface area contributed by atoms with Gasteiger partial charge in [-0.05, 0) is 28.1 Å². The number of primary amides is 1. The Morgan fingerprint density at radius 1 is 1.53 bits per heavy atom. The number of amides is 1. The molecule has 2 N–H and O–H groups in total. The van der Waals surface area contributed by atoms with Crippen LogP contribution in [0.15, 0.2) is 22.7 Å². The van der Waals surface area contributed by atoms with Crippen molar-refractivity contribution in [1.82, 2.24) is 0 Å². The lowest BCUT2D eigenvalue weighted by Crippen LogP contribution is -2.14. The van der Waals surface area contributed by atoms with E-state index < -0.39 is 0 Å². The molecule has 0 aliphatic carbocycles. The molecule has 0 aliphatic rings. The van der Waals surface area contributed by atoms with E-state index in [0.717, 1.165) is 4.47 Å². The quantitative estimate of drug-likeness (QED) is 0.889. The van der Waals surface area contributed by atoms with E-state index in [9.17, 15) is 4.79 Å². The number of carbonyl (C=O) groups is 1. The summed E-state index contributed by atoms with van der Waals surface area (Å²) in [4.78, 5) is 10.5. The van der Waals surface area contributed by atoms with Gasteiger partial charge in [-0.3, -0.25) is 4.79 Å². The van der Waals surface area contributed by atoms with E-state index in [4.69, 9.17) is 15.2 Å². The molecule has 5 heteroatoms. The number of rotatable bonds is 5. The van der Waals surface area contributed by atoms with E-state index in [1.165, 1.54) is 0 Å². The molecule has 0 aliphatic heterocycles. The van der Waals surface area contributed by atoms with Crippen LogP contribution in [0.1, 0.15) is 6.42 Å². The van der Waals surface area contributed by atoms with Crippen LogP contribution < -0.4 is 15.2 Å². The topological polar surface area (TPSA) is 61.6 Å². The number of para-hydroxylation sites is 1. The maximum atomic E-state index is 10.5. The predicted octanol–water partition coefficient (Wildman–Crippen LogP) is 1.71. The Morgan fingerprint density at radius 3 is 2.87 bits per heavy atom. The van der Waals surface area contributed by atoms with Gasteiger partial charge in [-0.25, -0.2) is 0 Å². The highest BCUT2D eigenvalue weighted by molar-refractivity contribution is 9.10. The van der Waals surface area contributed by atoms with Crippen molar-refractivity contribution in [3.63, 3.8) is 0 Å². The van der Waals surface area contributed by atoms with E-state index in [1.54, 1.807) is 13.2 Å². The fraction of sp³-hybridized carbons (Fsp3) is 0.300. The largest absolute Gasteiger partial charge is 0.493 e. The molecule has 0 fully saturated rings. The number of ether oxygens (including phenoxy) is 2. The van der Waals surface area contributed by atoms with Crippen molar-refractivity contribution in [2.24, 2.45) is 5.73 Å². The van der Waals surface area contributed by atoms with E-state index in [2.05, 4.69) is 15.9 Å². The first-order valence-electron chi connectivity index (χ1n) is 4.38. The second-order valence-electron chi connectivity index (χ2n) is 2.84. The molecule has 0 saturated heterocycles. The van der Waals surface area contributed by atoms with Gasteiger partial charge in [-0.1, -0.05) is 6.07 Å². The summed E-state index contributed by atoms with van der Waals surface area (Å²) in [6.07, 6.45) is 0.185. The van der Waals surface area contributed by atoms with Crippen LogP contribution >= 0.6 is 15.9 Å². The zero-order chi connectivity index (χ0) is 11.3. The van der Waals surface area contributed by atoms with Gasteiger partial charge in [0, 0.05) is 0 Å². The van der Waals surface area contributed by atoms with E-state index in [-0.39, 0.29) is 18.9 Å². The first-order chi connectivity index (χ1) is 7.15. The molecule has 1 amide bonds. The summed E-state index contributed by atoms with van der Waals surface area (Å²) in [5.41, 5.74) is 5.00. The Bertz CT molecular complexity index is 355. The number of benzene rings is 1. The molecule has 1 aromatic carbocycles. The Hall–Kier alpha value is -1.23. The van der Waals surface area contributed by atoms with Crippen LogP contribution in [0.2, 0.25) is 0 Å². The van der Waals surface area contributed by atoms with Crippen molar-refractivity contribution in [3.8, 4) is 11.5 Å². The highest BCUT2D eigenvalue weighted by atomic mass is 79.9. The molecule has 0 spiro atoms. The number of carbonyl (C=O) groups excluding carboxylic acids is 1. The summed E-state index contributed by atoms with van der Waals surface area (Å²) >= 11 is 3.33. The van der Waals surface area contributed by atoms with Crippen LogP contribution in [-0.2, 0) is 4.79 Å². The normalized spacial score (nSPS) is 9.73. The molecule has 0 saturated carbocycles. The maximum absolute atomic E-state index is 10.5. The molecule has 0 unspecified atom stereocenters. The highest BCUT2D eigenvalue weighted by Gasteiger charge is 2.08. The number of halogens is 1. The van der Waals surface area contributed by atoms with Gasteiger partial charge in [0.15, 0.2) is 11.5 Å². The fourth-order valence-electron chi connectivity index (χ4n) is 1.04. The van der Waals surface area contributed by atoms with Gasteiger partial charge in [0.2, 0.25) is 5.91 Å². The molecule has 0 heterocycles. The monoisotopic (exact) mass is 273 g/mol. The zero-order valence-corrected chi connectivity index (χ0v) is 9.91. The molecule has 4 nitrogen and oxygen atoms in total. The van der Waals surface area contributed by atoms with Crippen LogP contribution in [-0.4, -0.2) is 19.6 Å². The summed E-state index contributed by atoms with van der Waals surface area (Å²) in [6, 6.07) is 5.45. The Kier molecular flexibility index (Phi) is 4.42. The highest BCUT2D eigenvalue weighted by Crippen LogP contribution is 2.34. The van der Waals surface area contributed by atoms with Crippen LogP contribution in [0.5, 0.6) is 11.5 Å². The lowest BCUT2D eigenvalue weighted by molar-refractivity contribution is -0.118. The minimum absolute atomic E-state index is 0.185. The fourth-order valence-corrected chi connectivity index (χ4v) is 1.51. The molecule has 1 rings (SSSR count). The summed E-state index contributed by atoms with van der Waals surface area (Å²) in [5, 5.41) is 0. The van der Waals surface area contributed by atoms with Gasteiger partial charge in [0.1, 0.15) is 0 Å². The minimum Gasteiger partial charge on any atom is -0.493 e. The van der Waals surface area contributed by atoms with E-state index >= 15 is 0 Å². The number of nitrogens with two attached hydrogens (primary N) is 1. The lowest BCUT2D eigenvalue weighted by atomic mass is 10.3. The van der Waals surface area contributed by atoms with E-state index in [0.29, 0.717) is 11.5 Å². The van der Waals surface area contributed by atoms with Crippen LogP contribution in [0.4, 0.5) is 0 Å². The third kappa shape index (κ3) is 3.43. The molecule has 0 atom stereocenters. The minimum atomic E-state index is -0.388. The Balaban J connectivity index is 2.70. The third-order valence-electron chi connectivity index (χ3n) is 1.75. The number of methoxy groups -OCH3 is 1. The second kappa shape index (κ2) is 5.60. The van der Waals surface area contributed by atoms with Crippen molar-refractivity contribution in [2.75, 3.05) is 13.7 Å². The van der Waals surface area contributed by atoms with Crippen molar-refractivity contribution in [1.29, 1.82) is 0 Å². The molecule has 1 aromatic rings. The summed E-state index contributed by atoms with van der Waals surface area (Å²) < 4.78 is 11.3. The molecular weight excluding hydrogens is 262 g/mol. The summed E-state index contributed by atoms with van der Waals surface area (Å²) in [6.45, 7) is 0.244. The van der Waals surface area contributed by atoms with Crippen molar-refractivity contribution < 1.29 is 14.3 Å². The first kappa shape index (κ1) is 11.8. The van der Waals surface area contributed by atoms with Crippen molar-refractivity contribution >= 4 is 21.8 Å². The maximum Gasteiger partial charge on any atom is 0.220 e. The molecule has 0 bridgehead atoms. The second-order valence-corrected chi connectivity index (χ2v) is 3.69. The summed E-state index contributed by atoms with van der Waals surface area (Å²) in [5.74, 6) is 0.816. The Morgan fingerprint density at radius 2 is 2.27 bits per heavy atom. The van der Waals surface area contributed by atoms with Crippen LogP contribution in [0, 0.1) is 0 Å². The van der Waals surface area contributed by atoms with Crippen LogP contribution in [0.25, 0.3) is 0 Å². The molecule has 0 radical (unpaired) electrons. The van der Waals surface area contributed by atoms with Gasteiger partial charge >= 0.3 is 0 Å². The lowest BCUT2D eigenvalue weighted by Gasteiger charge is -2.11. The standard InChI is InChI=1S/C10H12BrNO3/c1-14-8-4-2-3-7(11)10(8)15-6-5-9(12)13/h2-4H,5-6H2,1H3,(H2,12,13). The SMILES string of the molecule is COc1cccc(Br)c1OCCC(N)=O. The average Bonchev–Trinajstić information content (AvgIpc) is 2.20. The summed E-state index contributed by atoms with van der Waals surface area (Å²) in [7, 11) is 1.56. The molecule has 82 valence electrons. The van der Waals surface area contributed by atoms with Gasteiger partial charge in [-0.2, -0.15) is 0 Å². The zero-order valence-electron chi connectivity index (χ0n) is 8.33. The van der Waals surface area contributed by atoms with Gasteiger partial charge in [-0.15, -0.1) is 0 Å². The van der Waals surface area contributed by atoms with E-state index in [1.807, 2.05) is 12.1 Å². The number of hydrogen-bond acceptors (Lipinski definition) is 3. The van der Waals surface area contributed by atoms with Gasteiger partial charge in [0.05, 0.1) is 24.6 Å². The van der Waals surface area contributed by atoms with Crippen molar-refractivity contribution in [2.45, 2.75) is 6.42 Å². The van der Waals surface area contributed by atoms with Gasteiger partial charge in [0.25, 0.3) is 0 Å². The van der Waals surface area contributed by atoms with Gasteiger partial charge < -0.3 is 15.2 Å². The first-order valence-corrected chi connectivity index (χ1v) is 5.18. The van der Waals surface area contributed by atoms with Crippen LogP contribution in [0.3, 0.4) is 0 Å². The average molecular weight is 274 g/mol. The number of hydrogen-bond donors (Lipinski definition) is 1. The van der Waals surface area contributed by atoms with Crippen molar-refractivity contribution in [3.05, 3.63) is 22.7 Å². The molecular formula is C10H12BrNO3. The molecule has 15 heavy (non-hydrogen) atoms. The third-order valence-corrected chi connectivity index (χ3v) is 2.37. The smallest absolute Gasteiger partial charge is 0.220 e.